The molecule has 0 spiro atoms. The summed E-state index contributed by atoms with van der Waals surface area (Å²) in [7, 11) is 0. The van der Waals surface area contributed by atoms with E-state index < -0.39 is 0 Å². The van der Waals surface area contributed by atoms with Crippen LogP contribution < -0.4 is 0 Å². The number of hydrogen-bond donors (Lipinski definition) is 0. The summed E-state index contributed by atoms with van der Waals surface area (Å²) in [5.74, 6) is 1.36. The van der Waals surface area contributed by atoms with Gasteiger partial charge in [-0.05, 0) is 6.92 Å². The van der Waals surface area contributed by atoms with Gasteiger partial charge in [0.05, 0.1) is 26.4 Å². The third kappa shape index (κ3) is 3.52. The monoisotopic (exact) mass is 282 g/mol. The van der Waals surface area contributed by atoms with Crippen molar-refractivity contribution in [2.45, 2.75) is 20.8 Å². The fraction of sp³-hybridized carbons (Fsp3) is 0.800. The summed E-state index contributed by atoms with van der Waals surface area (Å²) in [6.45, 7) is 12.2. The van der Waals surface area contributed by atoms with E-state index in [9.17, 15) is 4.79 Å². The molecule has 2 fully saturated rings. The summed E-state index contributed by atoms with van der Waals surface area (Å²) in [4.78, 5) is 17.0. The third-order valence-electron chi connectivity index (χ3n) is 3.85. The smallest absolute Gasteiger partial charge is 0.164 e. The van der Waals surface area contributed by atoms with Crippen molar-refractivity contribution >= 4 is 5.78 Å². The molecule has 0 aromatic carbocycles. The molecule has 0 N–H and O–H groups in total. The van der Waals surface area contributed by atoms with Gasteiger partial charge in [0.15, 0.2) is 5.78 Å². The molecule has 0 bridgehead atoms. The quantitative estimate of drug-likeness (QED) is 0.723. The molecule has 0 amide bonds. The van der Waals surface area contributed by atoms with E-state index in [1.807, 2.05) is 20.8 Å². The number of Topliss-reactive ketones (excluding diaryl/α,β-unsaturated/α-hetero) is 1. The van der Waals surface area contributed by atoms with Crippen LogP contribution in [0.3, 0.4) is 0 Å². The van der Waals surface area contributed by atoms with E-state index >= 15 is 0 Å². The van der Waals surface area contributed by atoms with Crippen molar-refractivity contribution in [1.82, 2.24) is 9.80 Å². The molecule has 20 heavy (non-hydrogen) atoms. The van der Waals surface area contributed by atoms with Crippen LogP contribution in [0.2, 0.25) is 0 Å². The van der Waals surface area contributed by atoms with E-state index in [1.165, 1.54) is 0 Å². The average molecular weight is 282 g/mol. The number of nitrogens with zero attached hydrogens (tertiary/aromatic N) is 2. The molecule has 0 unspecified atom stereocenters. The Kier molecular flexibility index (Phi) is 5.43. The molecule has 2 saturated heterocycles. The molecule has 5 nitrogen and oxygen atoms in total. The van der Waals surface area contributed by atoms with Crippen molar-refractivity contribution in [3.8, 4) is 0 Å². The Morgan fingerprint density at radius 1 is 0.900 bits per heavy atom. The molecule has 114 valence electrons. The predicted molar refractivity (Wildman–Crippen MR) is 77.3 cm³/mol. The lowest BCUT2D eigenvalue weighted by Crippen LogP contribution is -2.47. The number of rotatable bonds is 4. The van der Waals surface area contributed by atoms with Gasteiger partial charge in [0, 0.05) is 37.7 Å². The number of morpholine rings is 2. The SMILES string of the molecule is CC(C(=O)C(C)C)=C(N1CCOCC1)N1CCOCC1. The van der Waals surface area contributed by atoms with Crippen LogP contribution in [0.25, 0.3) is 0 Å². The highest BCUT2D eigenvalue weighted by molar-refractivity contribution is 5.96. The number of allylic oxidation sites excluding steroid dienone is 1. The van der Waals surface area contributed by atoms with Gasteiger partial charge in [0.2, 0.25) is 0 Å². The predicted octanol–water partition coefficient (Wildman–Crippen LogP) is 1.11. The Balaban J connectivity index is 2.26. The third-order valence-corrected chi connectivity index (χ3v) is 3.85. The standard InChI is InChI=1S/C15H26N2O3/c1-12(2)14(18)13(3)15(16-4-8-19-9-5-16)17-6-10-20-11-7-17/h12H,4-11H2,1-3H3. The van der Waals surface area contributed by atoms with E-state index in [1.54, 1.807) is 0 Å². The van der Waals surface area contributed by atoms with Crippen LogP contribution in [0.15, 0.2) is 11.4 Å². The zero-order chi connectivity index (χ0) is 14.5. The molecule has 2 rings (SSSR count). The highest BCUT2D eigenvalue weighted by Gasteiger charge is 2.26. The van der Waals surface area contributed by atoms with Gasteiger partial charge in [-0.1, -0.05) is 13.8 Å². The summed E-state index contributed by atoms with van der Waals surface area (Å²) in [5.41, 5.74) is 0.879. The lowest BCUT2D eigenvalue weighted by molar-refractivity contribution is -0.118. The van der Waals surface area contributed by atoms with Gasteiger partial charge in [-0.3, -0.25) is 4.79 Å². The maximum atomic E-state index is 12.4. The number of carbonyl (C=O) groups excluding carboxylic acids is 1. The maximum absolute atomic E-state index is 12.4. The first-order chi connectivity index (χ1) is 9.61. The number of hydrogen-bond acceptors (Lipinski definition) is 5. The van der Waals surface area contributed by atoms with Crippen LogP contribution in [0.4, 0.5) is 0 Å². The Morgan fingerprint density at radius 2 is 1.30 bits per heavy atom. The van der Waals surface area contributed by atoms with Crippen LogP contribution in [0, 0.1) is 5.92 Å². The summed E-state index contributed by atoms with van der Waals surface area (Å²) < 4.78 is 10.9. The van der Waals surface area contributed by atoms with Gasteiger partial charge in [0.25, 0.3) is 0 Å². The molecule has 0 aromatic rings. The van der Waals surface area contributed by atoms with Crippen LogP contribution in [0.5, 0.6) is 0 Å². The van der Waals surface area contributed by atoms with Gasteiger partial charge >= 0.3 is 0 Å². The van der Waals surface area contributed by atoms with Crippen LogP contribution in [-0.4, -0.2) is 68.2 Å². The molecule has 0 saturated carbocycles. The molecule has 5 heteroatoms. The summed E-state index contributed by atoms with van der Waals surface area (Å²) in [5, 5.41) is 0. The Morgan fingerprint density at radius 3 is 1.65 bits per heavy atom. The summed E-state index contributed by atoms with van der Waals surface area (Å²) >= 11 is 0. The molecular weight excluding hydrogens is 256 g/mol. The second kappa shape index (κ2) is 7.09. The zero-order valence-electron chi connectivity index (χ0n) is 12.9. The van der Waals surface area contributed by atoms with Crippen molar-refractivity contribution in [2.75, 3.05) is 52.6 Å². The lowest BCUT2D eigenvalue weighted by Gasteiger charge is -2.40. The van der Waals surface area contributed by atoms with Crippen LogP contribution in [-0.2, 0) is 14.3 Å². The van der Waals surface area contributed by atoms with Crippen molar-refractivity contribution in [3.63, 3.8) is 0 Å². The fourth-order valence-corrected chi connectivity index (χ4v) is 2.77. The summed E-state index contributed by atoms with van der Waals surface area (Å²) in [6, 6.07) is 0. The number of ketones is 1. The maximum Gasteiger partial charge on any atom is 0.164 e. The first kappa shape index (κ1) is 15.3. The molecule has 0 radical (unpaired) electrons. The topological polar surface area (TPSA) is 42.0 Å². The largest absolute Gasteiger partial charge is 0.378 e. The van der Waals surface area contributed by atoms with Crippen LogP contribution >= 0.6 is 0 Å². The second-order valence-electron chi connectivity index (χ2n) is 5.67. The molecule has 2 aliphatic heterocycles. The van der Waals surface area contributed by atoms with Gasteiger partial charge < -0.3 is 19.3 Å². The number of ether oxygens (including phenoxy) is 2. The minimum atomic E-state index is 0.0343. The Bertz CT molecular complexity index is 347. The molecule has 2 heterocycles. The number of carbonyl (C=O) groups is 1. The molecule has 0 aromatic heterocycles. The van der Waals surface area contributed by atoms with E-state index in [0.29, 0.717) is 0 Å². The van der Waals surface area contributed by atoms with Gasteiger partial charge in [0.1, 0.15) is 5.82 Å². The van der Waals surface area contributed by atoms with Crippen molar-refractivity contribution < 1.29 is 14.3 Å². The minimum Gasteiger partial charge on any atom is -0.378 e. The van der Waals surface area contributed by atoms with E-state index in [4.69, 9.17) is 9.47 Å². The first-order valence-electron chi connectivity index (χ1n) is 7.51. The van der Waals surface area contributed by atoms with Crippen molar-refractivity contribution in [2.24, 2.45) is 5.92 Å². The minimum absolute atomic E-state index is 0.0343. The van der Waals surface area contributed by atoms with Gasteiger partial charge in [-0.25, -0.2) is 0 Å². The lowest BCUT2D eigenvalue weighted by atomic mass is 10.0. The Hall–Kier alpha value is -1.07. The zero-order valence-corrected chi connectivity index (χ0v) is 12.9. The van der Waals surface area contributed by atoms with E-state index in [2.05, 4.69) is 9.80 Å². The van der Waals surface area contributed by atoms with Crippen molar-refractivity contribution in [3.05, 3.63) is 11.4 Å². The van der Waals surface area contributed by atoms with Gasteiger partial charge in [-0.2, -0.15) is 0 Å². The summed E-state index contributed by atoms with van der Waals surface area (Å²) in [6.07, 6.45) is 0. The molecular formula is C15H26N2O3. The Labute approximate surface area is 121 Å². The highest BCUT2D eigenvalue weighted by Crippen LogP contribution is 2.21. The first-order valence-corrected chi connectivity index (χ1v) is 7.51. The van der Waals surface area contributed by atoms with E-state index in [-0.39, 0.29) is 11.7 Å². The van der Waals surface area contributed by atoms with Crippen LogP contribution in [0.1, 0.15) is 20.8 Å². The molecule has 0 atom stereocenters. The van der Waals surface area contributed by atoms with Gasteiger partial charge in [-0.15, -0.1) is 0 Å². The highest BCUT2D eigenvalue weighted by atomic mass is 16.5. The van der Waals surface area contributed by atoms with E-state index in [0.717, 1.165) is 64.0 Å². The fourth-order valence-electron chi connectivity index (χ4n) is 2.77. The molecule has 0 aliphatic carbocycles. The normalized spacial score (nSPS) is 20.2. The second-order valence-corrected chi connectivity index (χ2v) is 5.67. The van der Waals surface area contributed by atoms with Crippen molar-refractivity contribution in [1.29, 1.82) is 0 Å². The average Bonchev–Trinajstić information content (AvgIpc) is 2.48. The molecule has 2 aliphatic rings.